The Morgan fingerprint density at radius 1 is 0.917 bits per heavy atom. The maximum absolute atomic E-state index is 8.48. The molecule has 0 atom stereocenters. The highest BCUT2D eigenvalue weighted by molar-refractivity contribution is 6.10. The van der Waals surface area contributed by atoms with Gasteiger partial charge in [-0.3, -0.25) is 0 Å². The van der Waals surface area contributed by atoms with Crippen molar-refractivity contribution < 1.29 is 10.4 Å². The third-order valence-corrected chi connectivity index (χ3v) is 2.09. The molecule has 0 bridgehead atoms. The summed E-state index contributed by atoms with van der Waals surface area (Å²) in [5.74, 6) is 0. The molecule has 2 aliphatic rings. The molecule has 2 rings (SSSR count). The van der Waals surface area contributed by atoms with Crippen LogP contribution in [0.3, 0.4) is 0 Å². The zero-order valence-electron chi connectivity index (χ0n) is 6.36. The van der Waals surface area contributed by atoms with E-state index in [1.807, 2.05) is 12.2 Å². The molecule has 0 radical (unpaired) electrons. The highest BCUT2D eigenvalue weighted by atomic mass is 16.4. The molecule has 12 heavy (non-hydrogen) atoms. The second kappa shape index (κ2) is 2.48. The van der Waals surface area contributed by atoms with Crippen LogP contribution < -0.4 is 0 Å². The summed E-state index contributed by atoms with van der Waals surface area (Å²) in [7, 11) is 0. The van der Waals surface area contributed by atoms with Crippen molar-refractivity contribution in [2.45, 2.75) is 12.8 Å². The average molecular weight is 164 g/mol. The van der Waals surface area contributed by atoms with E-state index in [1.165, 1.54) is 0 Å². The first-order valence-electron chi connectivity index (χ1n) is 3.67. The maximum atomic E-state index is 8.48. The summed E-state index contributed by atoms with van der Waals surface area (Å²) in [6.07, 6.45) is 4.93. The Kier molecular flexibility index (Phi) is 1.46. The third-order valence-electron chi connectivity index (χ3n) is 2.09. The summed E-state index contributed by atoms with van der Waals surface area (Å²) < 4.78 is 0. The SMILES string of the molecule is O/N=C1/C=C2C/C(=N\O)C=C2C1. The van der Waals surface area contributed by atoms with Crippen LogP contribution in [0.15, 0.2) is 33.6 Å². The lowest BCUT2D eigenvalue weighted by Crippen LogP contribution is -1.90. The fraction of sp³-hybridized carbons (Fsp3) is 0.250. The second-order valence-electron chi connectivity index (χ2n) is 2.88. The summed E-state index contributed by atoms with van der Waals surface area (Å²) in [6, 6.07) is 0. The van der Waals surface area contributed by atoms with Gasteiger partial charge in [0.15, 0.2) is 0 Å². The molecule has 4 nitrogen and oxygen atoms in total. The van der Waals surface area contributed by atoms with Crippen LogP contribution in [-0.4, -0.2) is 21.8 Å². The second-order valence-corrected chi connectivity index (χ2v) is 2.88. The van der Waals surface area contributed by atoms with Crippen molar-refractivity contribution in [2.75, 3.05) is 0 Å². The van der Waals surface area contributed by atoms with Crippen molar-refractivity contribution in [3.05, 3.63) is 23.3 Å². The molecule has 0 aromatic heterocycles. The van der Waals surface area contributed by atoms with Gasteiger partial charge in [-0.05, 0) is 23.3 Å². The molecule has 0 saturated heterocycles. The molecular formula is C8H8N2O2. The number of hydrogen-bond acceptors (Lipinski definition) is 4. The van der Waals surface area contributed by atoms with Crippen molar-refractivity contribution in [2.24, 2.45) is 10.3 Å². The molecule has 0 heterocycles. The number of nitrogens with zero attached hydrogens (tertiary/aromatic N) is 2. The van der Waals surface area contributed by atoms with Crippen LogP contribution in [0.5, 0.6) is 0 Å². The minimum atomic E-state index is 0.644. The lowest BCUT2D eigenvalue weighted by molar-refractivity contribution is 0.319. The molecule has 0 unspecified atom stereocenters. The van der Waals surface area contributed by atoms with Crippen LogP contribution in [0.1, 0.15) is 12.8 Å². The van der Waals surface area contributed by atoms with Crippen LogP contribution in [0.4, 0.5) is 0 Å². The Labute approximate surface area is 69.2 Å². The summed E-state index contributed by atoms with van der Waals surface area (Å²) >= 11 is 0. The van der Waals surface area contributed by atoms with Gasteiger partial charge in [0.1, 0.15) is 0 Å². The average Bonchev–Trinajstić information content (AvgIpc) is 2.59. The van der Waals surface area contributed by atoms with E-state index in [2.05, 4.69) is 10.3 Å². The van der Waals surface area contributed by atoms with E-state index in [9.17, 15) is 0 Å². The van der Waals surface area contributed by atoms with Crippen LogP contribution in [0.2, 0.25) is 0 Å². The fourth-order valence-corrected chi connectivity index (χ4v) is 1.54. The smallest absolute Gasteiger partial charge is 0.0842 e. The summed E-state index contributed by atoms with van der Waals surface area (Å²) in [6.45, 7) is 0. The number of fused-ring (bicyclic) bond motifs is 1. The van der Waals surface area contributed by atoms with Crippen LogP contribution >= 0.6 is 0 Å². The van der Waals surface area contributed by atoms with Crippen molar-refractivity contribution >= 4 is 11.4 Å². The van der Waals surface area contributed by atoms with E-state index in [1.54, 1.807) is 0 Å². The van der Waals surface area contributed by atoms with E-state index in [-0.39, 0.29) is 0 Å². The molecule has 2 aliphatic carbocycles. The molecule has 62 valence electrons. The van der Waals surface area contributed by atoms with Crippen LogP contribution in [-0.2, 0) is 0 Å². The zero-order chi connectivity index (χ0) is 8.55. The normalized spacial score (nSPS) is 27.7. The molecule has 0 aliphatic heterocycles. The van der Waals surface area contributed by atoms with Gasteiger partial charge in [0.2, 0.25) is 0 Å². The van der Waals surface area contributed by atoms with Crippen molar-refractivity contribution in [1.29, 1.82) is 0 Å². The topological polar surface area (TPSA) is 65.2 Å². The first-order chi connectivity index (χ1) is 5.83. The van der Waals surface area contributed by atoms with Crippen molar-refractivity contribution in [1.82, 2.24) is 0 Å². The van der Waals surface area contributed by atoms with Gasteiger partial charge in [-0.25, -0.2) is 0 Å². The van der Waals surface area contributed by atoms with E-state index in [0.717, 1.165) is 11.1 Å². The van der Waals surface area contributed by atoms with Gasteiger partial charge in [-0.15, -0.1) is 0 Å². The summed E-state index contributed by atoms with van der Waals surface area (Å²) in [5, 5.41) is 23.2. The predicted molar refractivity (Wildman–Crippen MR) is 43.8 cm³/mol. The standard InChI is InChI=1S/C8H8N2O2/c11-9-7-1-5-2-8(10-12)4-6(5)3-7/h1,4,11-12H,2-3H2/b9-7-,10-8+. The lowest BCUT2D eigenvalue weighted by Gasteiger charge is -1.88. The Balaban J connectivity index is 2.31. The van der Waals surface area contributed by atoms with Gasteiger partial charge < -0.3 is 10.4 Å². The monoisotopic (exact) mass is 164 g/mol. The number of oxime groups is 2. The Bertz CT molecular complexity index is 303. The van der Waals surface area contributed by atoms with Gasteiger partial charge in [0.05, 0.1) is 11.4 Å². The summed E-state index contributed by atoms with van der Waals surface area (Å²) in [5.41, 5.74) is 3.53. The van der Waals surface area contributed by atoms with Crippen molar-refractivity contribution in [3.8, 4) is 0 Å². The predicted octanol–water partition coefficient (Wildman–Crippen LogP) is 1.31. The molecular weight excluding hydrogens is 156 g/mol. The van der Waals surface area contributed by atoms with Gasteiger partial charge in [-0.1, -0.05) is 10.3 Å². The Morgan fingerprint density at radius 2 is 1.33 bits per heavy atom. The molecule has 0 amide bonds. The third kappa shape index (κ3) is 0.922. The minimum Gasteiger partial charge on any atom is -0.411 e. The molecule has 0 spiro atoms. The van der Waals surface area contributed by atoms with E-state index in [0.29, 0.717) is 24.3 Å². The van der Waals surface area contributed by atoms with Crippen LogP contribution in [0.25, 0.3) is 0 Å². The zero-order valence-corrected chi connectivity index (χ0v) is 6.36. The molecule has 2 N–H and O–H groups in total. The lowest BCUT2D eigenvalue weighted by atomic mass is 10.2. The maximum Gasteiger partial charge on any atom is 0.0842 e. The molecule has 4 heteroatoms. The number of rotatable bonds is 0. The van der Waals surface area contributed by atoms with E-state index >= 15 is 0 Å². The largest absolute Gasteiger partial charge is 0.411 e. The number of allylic oxidation sites excluding steroid dienone is 4. The van der Waals surface area contributed by atoms with Gasteiger partial charge in [-0.2, -0.15) is 0 Å². The van der Waals surface area contributed by atoms with E-state index in [4.69, 9.17) is 10.4 Å². The molecule has 0 aromatic carbocycles. The molecule has 0 fully saturated rings. The highest BCUT2D eigenvalue weighted by Crippen LogP contribution is 2.31. The molecule has 0 saturated carbocycles. The minimum absolute atomic E-state index is 0.644. The van der Waals surface area contributed by atoms with Crippen LogP contribution in [0, 0.1) is 0 Å². The van der Waals surface area contributed by atoms with Crippen molar-refractivity contribution in [3.63, 3.8) is 0 Å². The van der Waals surface area contributed by atoms with Gasteiger partial charge in [0, 0.05) is 12.8 Å². The molecule has 0 aromatic rings. The fourth-order valence-electron chi connectivity index (χ4n) is 1.54. The number of hydrogen-bond donors (Lipinski definition) is 2. The first-order valence-corrected chi connectivity index (χ1v) is 3.67. The Morgan fingerprint density at radius 3 is 1.67 bits per heavy atom. The first kappa shape index (κ1) is 7.09. The highest BCUT2D eigenvalue weighted by Gasteiger charge is 2.23. The van der Waals surface area contributed by atoms with E-state index < -0.39 is 0 Å². The quantitative estimate of drug-likeness (QED) is 0.418. The van der Waals surface area contributed by atoms with Gasteiger partial charge in [0.25, 0.3) is 0 Å². The summed E-state index contributed by atoms with van der Waals surface area (Å²) in [4.78, 5) is 0. The Hall–Kier alpha value is -1.58. The van der Waals surface area contributed by atoms with Gasteiger partial charge >= 0.3 is 0 Å².